The van der Waals surface area contributed by atoms with Gasteiger partial charge in [0.15, 0.2) is 9.84 Å². The number of nitrogens with one attached hydrogen (secondary N) is 1. The van der Waals surface area contributed by atoms with Crippen molar-refractivity contribution in [1.29, 1.82) is 5.41 Å². The van der Waals surface area contributed by atoms with Crippen molar-refractivity contribution in [1.82, 2.24) is 0 Å². The lowest BCUT2D eigenvalue weighted by molar-refractivity contribution is -0.149. The predicted molar refractivity (Wildman–Crippen MR) is 124 cm³/mol. The van der Waals surface area contributed by atoms with Gasteiger partial charge in [-0.2, -0.15) is 0 Å². The number of hydrogen-bond donors (Lipinski definition) is 4. The topological polar surface area (TPSA) is 162 Å². The molecule has 0 amide bonds. The van der Waals surface area contributed by atoms with E-state index >= 15 is 0 Å². The number of aliphatic carboxylic acids is 2. The van der Waals surface area contributed by atoms with Crippen molar-refractivity contribution >= 4 is 39.0 Å². The summed E-state index contributed by atoms with van der Waals surface area (Å²) in [5.74, 6) is -3.42. The minimum absolute atomic E-state index is 0.137. The van der Waals surface area contributed by atoms with E-state index in [1.165, 1.54) is 36.4 Å². The summed E-state index contributed by atoms with van der Waals surface area (Å²) >= 11 is 0. The van der Waals surface area contributed by atoms with Crippen LogP contribution < -0.4 is 10.6 Å². The van der Waals surface area contributed by atoms with Crippen molar-refractivity contribution in [2.24, 2.45) is 5.73 Å². The predicted octanol–water partition coefficient (Wildman–Crippen LogP) is 2.72. The quantitative estimate of drug-likeness (QED) is 0.223. The van der Waals surface area contributed by atoms with Gasteiger partial charge in [-0.1, -0.05) is 42.5 Å². The maximum atomic E-state index is 12.1. The van der Waals surface area contributed by atoms with Crippen LogP contribution in [-0.4, -0.2) is 48.7 Å². The van der Waals surface area contributed by atoms with Crippen LogP contribution in [0, 0.1) is 5.41 Å². The number of nitrogens with zero attached hydrogens (tertiary/aromatic N) is 1. The maximum Gasteiger partial charge on any atom is 0.338 e. The van der Waals surface area contributed by atoms with E-state index in [0.29, 0.717) is 16.7 Å². The minimum atomic E-state index is -3.50. The lowest BCUT2D eigenvalue weighted by Crippen LogP contribution is -2.44. The highest BCUT2D eigenvalue weighted by Gasteiger charge is 2.34. The molecule has 0 fully saturated rings. The largest absolute Gasteiger partial charge is 0.479 e. The Bertz CT molecular complexity index is 1320. The highest BCUT2D eigenvalue weighted by atomic mass is 32.2. The molecule has 0 spiro atoms. The molecule has 0 bridgehead atoms. The van der Waals surface area contributed by atoms with E-state index < -0.39 is 27.8 Å². The van der Waals surface area contributed by atoms with Gasteiger partial charge in [0.2, 0.25) is 6.04 Å². The summed E-state index contributed by atoms with van der Waals surface area (Å²) in [5.41, 5.74) is 7.30. The average Bonchev–Trinajstić information content (AvgIpc) is 2.76. The molecule has 3 aromatic carbocycles. The molecule has 0 unspecified atom stereocenters. The standard InChI is InChI=1S/C23H21N3O6S/c1-33(31,32)19-8-3-2-7-18(19)14-9-11-16(12-10-14)26(20(22(27)28)23(29)30)17-6-4-5-15(13-17)21(24)25/h2-13,20H,1H3,(H3,24,25)(H,27,28)(H,29,30). The van der Waals surface area contributed by atoms with Gasteiger partial charge in [-0.3, -0.25) is 5.41 Å². The number of carbonyl (C=O) groups is 2. The Hall–Kier alpha value is -4.18. The van der Waals surface area contributed by atoms with Crippen LogP contribution in [0.15, 0.2) is 77.7 Å². The Morgan fingerprint density at radius 3 is 2.06 bits per heavy atom. The SMILES string of the molecule is CS(=O)(=O)c1ccccc1-c1ccc(N(c2cccc(C(=N)N)c2)C(C(=O)O)C(=O)O)cc1. The molecule has 0 saturated carbocycles. The molecule has 170 valence electrons. The molecule has 0 atom stereocenters. The van der Waals surface area contributed by atoms with Crippen LogP contribution in [0.5, 0.6) is 0 Å². The fraction of sp³-hybridized carbons (Fsp3) is 0.0870. The molecule has 0 aliphatic carbocycles. The van der Waals surface area contributed by atoms with Gasteiger partial charge in [0.25, 0.3) is 0 Å². The number of amidine groups is 1. The number of benzene rings is 3. The molecular formula is C23H21N3O6S. The molecule has 0 aliphatic rings. The number of nitrogen functional groups attached to an aromatic ring is 1. The van der Waals surface area contributed by atoms with Crippen LogP contribution in [0.2, 0.25) is 0 Å². The third-order valence-corrected chi connectivity index (χ3v) is 6.06. The third kappa shape index (κ3) is 5.01. The number of anilines is 2. The second-order valence-corrected chi connectivity index (χ2v) is 9.21. The third-order valence-electron chi connectivity index (χ3n) is 4.90. The fourth-order valence-corrected chi connectivity index (χ4v) is 4.34. The van der Waals surface area contributed by atoms with Crippen LogP contribution in [0.4, 0.5) is 11.4 Å². The number of carboxylic acid groups (broad SMARTS) is 2. The Kier molecular flexibility index (Phi) is 6.50. The molecule has 5 N–H and O–H groups in total. The molecule has 10 heteroatoms. The van der Waals surface area contributed by atoms with Crippen molar-refractivity contribution in [2.45, 2.75) is 10.9 Å². The van der Waals surface area contributed by atoms with Gasteiger partial charge in [-0.25, -0.2) is 18.0 Å². The van der Waals surface area contributed by atoms with Crippen molar-refractivity contribution in [3.8, 4) is 11.1 Å². The minimum Gasteiger partial charge on any atom is -0.479 e. The van der Waals surface area contributed by atoms with Gasteiger partial charge in [-0.05, 0) is 35.9 Å². The average molecular weight is 468 g/mol. The maximum absolute atomic E-state index is 12.1. The number of nitrogens with two attached hydrogens (primary N) is 1. The molecule has 3 aromatic rings. The van der Waals surface area contributed by atoms with E-state index in [1.807, 2.05) is 0 Å². The lowest BCUT2D eigenvalue weighted by atomic mass is 10.0. The molecule has 0 heterocycles. The molecule has 0 aromatic heterocycles. The monoisotopic (exact) mass is 467 g/mol. The van der Waals surface area contributed by atoms with Crippen LogP contribution >= 0.6 is 0 Å². The van der Waals surface area contributed by atoms with E-state index in [0.717, 1.165) is 11.2 Å². The molecule has 9 nitrogen and oxygen atoms in total. The first-order valence-electron chi connectivity index (χ1n) is 9.59. The smallest absolute Gasteiger partial charge is 0.338 e. The number of rotatable bonds is 8. The Balaban J connectivity index is 2.15. The van der Waals surface area contributed by atoms with Crippen LogP contribution in [0.3, 0.4) is 0 Å². The van der Waals surface area contributed by atoms with Gasteiger partial charge in [-0.15, -0.1) is 0 Å². The summed E-state index contributed by atoms with van der Waals surface area (Å²) in [7, 11) is -3.50. The fourth-order valence-electron chi connectivity index (χ4n) is 3.43. The number of carboxylic acids is 2. The molecular weight excluding hydrogens is 446 g/mol. The highest BCUT2D eigenvalue weighted by Crippen LogP contribution is 2.33. The Morgan fingerprint density at radius 2 is 1.52 bits per heavy atom. The van der Waals surface area contributed by atoms with Crippen molar-refractivity contribution in [3.63, 3.8) is 0 Å². The Labute approximate surface area is 190 Å². The van der Waals surface area contributed by atoms with E-state index in [4.69, 9.17) is 11.1 Å². The summed E-state index contributed by atoms with van der Waals surface area (Å²) in [4.78, 5) is 24.9. The number of hydrogen-bond acceptors (Lipinski definition) is 6. The second-order valence-electron chi connectivity index (χ2n) is 7.23. The molecule has 33 heavy (non-hydrogen) atoms. The summed E-state index contributed by atoms with van der Waals surface area (Å²) in [6.07, 6.45) is 1.11. The van der Waals surface area contributed by atoms with Gasteiger partial charge >= 0.3 is 11.9 Å². The van der Waals surface area contributed by atoms with E-state index in [9.17, 15) is 28.2 Å². The highest BCUT2D eigenvalue weighted by molar-refractivity contribution is 7.90. The molecule has 0 radical (unpaired) electrons. The zero-order valence-corrected chi connectivity index (χ0v) is 18.3. The van der Waals surface area contributed by atoms with Crippen LogP contribution in [0.25, 0.3) is 11.1 Å². The lowest BCUT2D eigenvalue weighted by Gasteiger charge is -2.29. The molecule has 3 rings (SSSR count). The summed E-state index contributed by atoms with van der Waals surface area (Å²) < 4.78 is 24.3. The summed E-state index contributed by atoms with van der Waals surface area (Å²) in [5, 5.41) is 26.9. The normalized spacial score (nSPS) is 11.2. The molecule has 0 saturated heterocycles. The van der Waals surface area contributed by atoms with Gasteiger partial charge in [0.1, 0.15) is 5.84 Å². The summed E-state index contributed by atoms with van der Waals surface area (Å²) in [6, 6.07) is 16.7. The van der Waals surface area contributed by atoms with Crippen LogP contribution in [0.1, 0.15) is 5.56 Å². The van der Waals surface area contributed by atoms with E-state index in [2.05, 4.69) is 0 Å². The zero-order chi connectivity index (χ0) is 24.3. The van der Waals surface area contributed by atoms with Crippen molar-refractivity contribution < 1.29 is 28.2 Å². The van der Waals surface area contributed by atoms with E-state index in [-0.39, 0.29) is 22.1 Å². The zero-order valence-electron chi connectivity index (χ0n) is 17.5. The first-order valence-corrected chi connectivity index (χ1v) is 11.5. The van der Waals surface area contributed by atoms with Crippen molar-refractivity contribution in [3.05, 3.63) is 78.4 Å². The first-order chi connectivity index (χ1) is 15.5. The number of sulfone groups is 1. The van der Waals surface area contributed by atoms with Gasteiger partial charge in [0, 0.05) is 28.8 Å². The second kappa shape index (κ2) is 9.13. The molecule has 0 aliphatic heterocycles. The van der Waals surface area contributed by atoms with Gasteiger partial charge < -0.3 is 20.8 Å². The summed E-state index contributed by atoms with van der Waals surface area (Å²) in [6.45, 7) is 0. The Morgan fingerprint density at radius 1 is 0.909 bits per heavy atom. The van der Waals surface area contributed by atoms with E-state index in [1.54, 1.807) is 36.4 Å². The first kappa shape index (κ1) is 23.5. The van der Waals surface area contributed by atoms with Crippen molar-refractivity contribution in [2.75, 3.05) is 11.2 Å². The van der Waals surface area contributed by atoms with Gasteiger partial charge in [0.05, 0.1) is 4.90 Å². The van der Waals surface area contributed by atoms with Crippen LogP contribution in [-0.2, 0) is 19.4 Å².